The van der Waals surface area contributed by atoms with Crippen molar-refractivity contribution < 1.29 is 9.84 Å². The third kappa shape index (κ3) is 2.99. The minimum atomic E-state index is -0.422. The molecule has 1 N–H and O–H groups in total. The van der Waals surface area contributed by atoms with Crippen molar-refractivity contribution in [2.45, 2.75) is 26.4 Å². The first-order chi connectivity index (χ1) is 8.70. The fourth-order valence-corrected chi connectivity index (χ4v) is 1.75. The van der Waals surface area contributed by atoms with E-state index in [2.05, 4.69) is 11.9 Å². The van der Waals surface area contributed by atoms with E-state index < -0.39 is 6.10 Å². The topological polar surface area (TPSA) is 42.4 Å². The van der Waals surface area contributed by atoms with Crippen molar-refractivity contribution in [1.82, 2.24) is 4.98 Å². The lowest BCUT2D eigenvalue weighted by atomic mass is 10.0. The molecule has 0 spiro atoms. The summed E-state index contributed by atoms with van der Waals surface area (Å²) < 4.78 is 5.61. The van der Waals surface area contributed by atoms with Crippen molar-refractivity contribution in [2.75, 3.05) is 6.61 Å². The Morgan fingerprint density at radius 3 is 2.94 bits per heavy atom. The lowest BCUT2D eigenvalue weighted by molar-refractivity contribution is 0.0622. The van der Waals surface area contributed by atoms with Gasteiger partial charge in [-0.1, -0.05) is 26.3 Å². The summed E-state index contributed by atoms with van der Waals surface area (Å²) in [6.45, 7) is 4.41. The van der Waals surface area contributed by atoms with Crippen LogP contribution in [0.5, 0.6) is 5.75 Å². The molecule has 0 saturated carbocycles. The highest BCUT2D eigenvalue weighted by atomic mass is 16.5. The van der Waals surface area contributed by atoms with E-state index in [1.54, 1.807) is 6.20 Å². The molecule has 1 heterocycles. The van der Waals surface area contributed by atoms with E-state index in [0.29, 0.717) is 6.61 Å². The van der Waals surface area contributed by atoms with Gasteiger partial charge in [0.1, 0.15) is 12.4 Å². The van der Waals surface area contributed by atoms with Gasteiger partial charge in [-0.25, -0.2) is 0 Å². The predicted molar refractivity (Wildman–Crippen MR) is 72.7 cm³/mol. The van der Waals surface area contributed by atoms with Gasteiger partial charge < -0.3 is 9.84 Å². The number of rotatable bonds is 5. The highest BCUT2D eigenvalue weighted by Gasteiger charge is 2.12. The van der Waals surface area contributed by atoms with E-state index in [9.17, 15) is 5.11 Å². The predicted octanol–water partition coefficient (Wildman–Crippen LogP) is 3.02. The molecule has 2 rings (SSSR count). The van der Waals surface area contributed by atoms with Crippen molar-refractivity contribution in [3.05, 3.63) is 36.5 Å². The molecule has 2 unspecified atom stereocenters. The average Bonchev–Trinajstić information content (AvgIpc) is 2.43. The minimum absolute atomic E-state index is 0.253. The van der Waals surface area contributed by atoms with Gasteiger partial charge in [-0.3, -0.25) is 4.98 Å². The van der Waals surface area contributed by atoms with Crippen molar-refractivity contribution in [2.24, 2.45) is 5.92 Å². The zero-order valence-corrected chi connectivity index (χ0v) is 10.8. The molecule has 0 fully saturated rings. The van der Waals surface area contributed by atoms with Crippen LogP contribution < -0.4 is 4.74 Å². The Kier molecular flexibility index (Phi) is 4.15. The molecule has 1 aromatic heterocycles. The van der Waals surface area contributed by atoms with Crippen LogP contribution in [0.3, 0.4) is 0 Å². The second-order valence-electron chi connectivity index (χ2n) is 4.62. The van der Waals surface area contributed by atoms with Crippen molar-refractivity contribution in [3.8, 4) is 5.75 Å². The molecule has 0 saturated heterocycles. The number of hydrogen-bond acceptors (Lipinski definition) is 3. The van der Waals surface area contributed by atoms with Crippen molar-refractivity contribution in [3.63, 3.8) is 0 Å². The maximum atomic E-state index is 9.85. The van der Waals surface area contributed by atoms with E-state index in [1.165, 1.54) is 0 Å². The number of hydrogen-bond donors (Lipinski definition) is 1. The molecular weight excluding hydrogens is 226 g/mol. The highest BCUT2D eigenvalue weighted by molar-refractivity contribution is 5.79. The van der Waals surface area contributed by atoms with Crippen molar-refractivity contribution in [1.29, 1.82) is 0 Å². The maximum absolute atomic E-state index is 9.85. The monoisotopic (exact) mass is 245 g/mol. The molecule has 0 aliphatic rings. The summed E-state index contributed by atoms with van der Waals surface area (Å²) in [5.41, 5.74) is 0.910. The van der Waals surface area contributed by atoms with Gasteiger partial charge in [0.25, 0.3) is 0 Å². The first-order valence-corrected chi connectivity index (χ1v) is 6.36. The van der Waals surface area contributed by atoms with Gasteiger partial charge >= 0.3 is 0 Å². The molecule has 2 aromatic rings. The van der Waals surface area contributed by atoms with Crippen LogP contribution in [0.4, 0.5) is 0 Å². The van der Waals surface area contributed by atoms with E-state index in [-0.39, 0.29) is 5.92 Å². The Balaban J connectivity index is 2.04. The van der Waals surface area contributed by atoms with E-state index >= 15 is 0 Å². The van der Waals surface area contributed by atoms with Crippen LogP contribution in [-0.2, 0) is 0 Å². The van der Waals surface area contributed by atoms with Crippen LogP contribution in [0, 0.1) is 5.92 Å². The van der Waals surface area contributed by atoms with Crippen LogP contribution in [0.1, 0.15) is 20.3 Å². The third-order valence-electron chi connectivity index (χ3n) is 3.30. The Morgan fingerprint density at radius 1 is 1.33 bits per heavy atom. The summed E-state index contributed by atoms with van der Waals surface area (Å²) in [5, 5.41) is 10.9. The van der Waals surface area contributed by atoms with Crippen LogP contribution in [0.2, 0.25) is 0 Å². The quantitative estimate of drug-likeness (QED) is 0.880. The molecule has 2 atom stereocenters. The maximum Gasteiger partial charge on any atom is 0.121 e. The molecule has 18 heavy (non-hydrogen) atoms. The normalized spacial score (nSPS) is 14.4. The molecule has 3 heteroatoms. The van der Waals surface area contributed by atoms with Gasteiger partial charge in [0, 0.05) is 17.6 Å². The Bertz CT molecular complexity index is 513. The molecule has 0 amide bonds. The van der Waals surface area contributed by atoms with E-state index in [0.717, 1.165) is 23.1 Å². The molecule has 3 nitrogen and oxygen atoms in total. The summed E-state index contributed by atoms with van der Waals surface area (Å²) in [4.78, 5) is 4.28. The van der Waals surface area contributed by atoms with E-state index in [4.69, 9.17) is 4.74 Å². The summed E-state index contributed by atoms with van der Waals surface area (Å²) >= 11 is 0. The SMILES string of the molecule is CCC(C)C(O)COc1ccc2cccnc2c1. The number of ether oxygens (including phenoxy) is 1. The number of pyridine rings is 1. The largest absolute Gasteiger partial charge is 0.491 e. The molecule has 0 bridgehead atoms. The van der Waals surface area contributed by atoms with Crippen LogP contribution in [0.15, 0.2) is 36.5 Å². The van der Waals surface area contributed by atoms with Gasteiger partial charge in [-0.15, -0.1) is 0 Å². The van der Waals surface area contributed by atoms with Gasteiger partial charge in [-0.05, 0) is 24.1 Å². The summed E-state index contributed by atoms with van der Waals surface area (Å²) in [6.07, 6.45) is 2.29. The summed E-state index contributed by atoms with van der Waals surface area (Å²) in [5.74, 6) is 1.01. The number of nitrogens with zero attached hydrogens (tertiary/aromatic N) is 1. The molecule has 0 radical (unpaired) electrons. The van der Waals surface area contributed by atoms with Crippen LogP contribution in [-0.4, -0.2) is 22.8 Å². The fourth-order valence-electron chi connectivity index (χ4n) is 1.75. The van der Waals surface area contributed by atoms with Gasteiger partial charge in [0.05, 0.1) is 11.6 Å². The number of aromatic nitrogens is 1. The first kappa shape index (κ1) is 12.8. The number of aliphatic hydroxyl groups excluding tert-OH is 1. The Labute approximate surface area is 107 Å². The summed E-state index contributed by atoms with van der Waals surface area (Å²) in [7, 11) is 0. The van der Waals surface area contributed by atoms with Crippen molar-refractivity contribution >= 4 is 10.9 Å². The van der Waals surface area contributed by atoms with Gasteiger partial charge in [0.2, 0.25) is 0 Å². The Morgan fingerprint density at radius 2 is 2.17 bits per heavy atom. The molecule has 0 aliphatic carbocycles. The molecule has 1 aromatic carbocycles. The second kappa shape index (κ2) is 5.83. The highest BCUT2D eigenvalue weighted by Crippen LogP contribution is 2.19. The number of aliphatic hydroxyl groups is 1. The molecule has 96 valence electrons. The first-order valence-electron chi connectivity index (χ1n) is 6.36. The second-order valence-corrected chi connectivity index (χ2v) is 4.62. The zero-order chi connectivity index (χ0) is 13.0. The van der Waals surface area contributed by atoms with Gasteiger partial charge in [-0.2, -0.15) is 0 Å². The Hall–Kier alpha value is -1.61. The van der Waals surface area contributed by atoms with Crippen LogP contribution >= 0.6 is 0 Å². The van der Waals surface area contributed by atoms with E-state index in [1.807, 2.05) is 37.3 Å². The van der Waals surface area contributed by atoms with Crippen LogP contribution in [0.25, 0.3) is 10.9 Å². The zero-order valence-electron chi connectivity index (χ0n) is 10.8. The standard InChI is InChI=1S/C15H19NO2/c1-3-11(2)15(17)10-18-13-7-6-12-5-4-8-16-14(12)9-13/h4-9,11,15,17H,3,10H2,1-2H3. The third-order valence-corrected chi connectivity index (χ3v) is 3.30. The number of benzene rings is 1. The number of fused-ring (bicyclic) bond motifs is 1. The fraction of sp³-hybridized carbons (Fsp3) is 0.400. The average molecular weight is 245 g/mol. The smallest absolute Gasteiger partial charge is 0.121 e. The lowest BCUT2D eigenvalue weighted by Crippen LogP contribution is -2.24. The molecule has 0 aliphatic heterocycles. The van der Waals surface area contributed by atoms with Gasteiger partial charge in [0.15, 0.2) is 0 Å². The minimum Gasteiger partial charge on any atom is -0.491 e. The lowest BCUT2D eigenvalue weighted by Gasteiger charge is -2.17. The molecular formula is C15H19NO2. The summed E-state index contributed by atoms with van der Waals surface area (Å²) in [6, 6.07) is 9.72.